The van der Waals surface area contributed by atoms with Crippen LogP contribution in [0.4, 0.5) is 0 Å². The Morgan fingerprint density at radius 1 is 0.242 bits per heavy atom. The molecule has 13 rings (SSSR count). The smallest absolute Gasteiger partial charge is 0.164 e. The van der Waals surface area contributed by atoms with E-state index >= 15 is 0 Å². The van der Waals surface area contributed by atoms with Crippen molar-refractivity contribution < 1.29 is 0 Å². The Hall–Kier alpha value is -8.22. The first kappa shape index (κ1) is 35.7. The summed E-state index contributed by atoms with van der Waals surface area (Å²) in [5, 5.41) is 0. The van der Waals surface area contributed by atoms with Crippen LogP contribution in [0.5, 0.6) is 0 Å². The van der Waals surface area contributed by atoms with Crippen molar-refractivity contribution in [3.8, 4) is 79.2 Å². The molecule has 0 radical (unpaired) electrons. The number of pyridine rings is 1. The fraction of sp³-hybridized carbons (Fsp3) is 0.0357. The maximum atomic E-state index is 5.12. The van der Waals surface area contributed by atoms with Crippen molar-refractivity contribution in [3.05, 3.63) is 240 Å². The van der Waals surface area contributed by atoms with Crippen molar-refractivity contribution in [1.29, 1.82) is 0 Å². The topological polar surface area (TPSA) is 77.3 Å². The van der Waals surface area contributed by atoms with E-state index in [1.165, 1.54) is 38.9 Å². The third-order valence-corrected chi connectivity index (χ3v) is 12.2. The van der Waals surface area contributed by atoms with Crippen LogP contribution >= 0.6 is 0 Å². The van der Waals surface area contributed by atoms with E-state index in [2.05, 4.69) is 132 Å². The average Bonchev–Trinajstić information content (AvgIpc) is 3.36. The highest BCUT2D eigenvalue weighted by Gasteiger charge is 2.41. The van der Waals surface area contributed by atoms with Gasteiger partial charge in [-0.25, -0.2) is 24.9 Å². The monoisotopic (exact) mass is 792 g/mol. The lowest BCUT2D eigenvalue weighted by atomic mass is 9.60. The number of benzene rings is 7. The summed E-state index contributed by atoms with van der Waals surface area (Å²) in [6, 6.07) is 68.1. The molecule has 3 aliphatic rings. The molecule has 0 saturated heterocycles. The van der Waals surface area contributed by atoms with Gasteiger partial charge in [0.15, 0.2) is 23.3 Å². The summed E-state index contributed by atoms with van der Waals surface area (Å²) in [7, 11) is 0. The van der Waals surface area contributed by atoms with Crippen LogP contribution in [0.3, 0.4) is 0 Å². The van der Waals surface area contributed by atoms with Crippen LogP contribution in [0, 0.1) is 0 Å². The van der Waals surface area contributed by atoms with Gasteiger partial charge in [-0.1, -0.05) is 158 Å². The van der Waals surface area contributed by atoms with Crippen LogP contribution in [0.1, 0.15) is 45.2 Å². The largest absolute Gasteiger partial charge is 0.265 e. The average molecular weight is 793 g/mol. The Morgan fingerprint density at radius 2 is 0.645 bits per heavy atom. The lowest BCUT2D eigenvalue weighted by Crippen LogP contribution is -2.27. The van der Waals surface area contributed by atoms with E-state index in [1.54, 1.807) is 12.4 Å². The lowest BCUT2D eigenvalue weighted by Gasteiger charge is -2.42. The number of hydrogen-bond donors (Lipinski definition) is 0. The van der Waals surface area contributed by atoms with Crippen LogP contribution in [0.15, 0.2) is 207 Å². The van der Waals surface area contributed by atoms with E-state index in [-0.39, 0.29) is 11.8 Å². The second kappa shape index (κ2) is 14.8. The molecule has 10 aromatic rings. The van der Waals surface area contributed by atoms with Gasteiger partial charge in [-0.3, -0.25) is 4.98 Å². The van der Waals surface area contributed by atoms with Gasteiger partial charge in [0.25, 0.3) is 0 Å². The molecule has 290 valence electrons. The van der Waals surface area contributed by atoms with Gasteiger partial charge in [0.05, 0.1) is 11.4 Å². The number of nitrogens with zero attached hydrogens (tertiary/aromatic N) is 6. The number of hydrogen-bond acceptors (Lipinski definition) is 6. The van der Waals surface area contributed by atoms with Crippen molar-refractivity contribution in [2.45, 2.75) is 11.8 Å². The first-order chi connectivity index (χ1) is 30.7. The maximum Gasteiger partial charge on any atom is 0.164 e. The zero-order valence-electron chi connectivity index (χ0n) is 33.5. The van der Waals surface area contributed by atoms with Crippen LogP contribution in [0.2, 0.25) is 0 Å². The van der Waals surface area contributed by atoms with Crippen LogP contribution in [0.25, 0.3) is 79.2 Å². The van der Waals surface area contributed by atoms with Gasteiger partial charge in [0.1, 0.15) is 0 Å². The summed E-state index contributed by atoms with van der Waals surface area (Å²) in [5.41, 5.74) is 18.0. The second-order valence-corrected chi connectivity index (χ2v) is 15.9. The van der Waals surface area contributed by atoms with E-state index < -0.39 is 0 Å². The minimum Gasteiger partial charge on any atom is -0.265 e. The summed E-state index contributed by atoms with van der Waals surface area (Å²) in [6.45, 7) is 0. The summed E-state index contributed by atoms with van der Waals surface area (Å²) in [6.07, 6.45) is 3.61. The zero-order valence-corrected chi connectivity index (χ0v) is 33.5. The van der Waals surface area contributed by atoms with Gasteiger partial charge in [-0.15, -0.1) is 0 Å². The molecule has 0 saturated carbocycles. The molecule has 7 aromatic carbocycles. The predicted molar refractivity (Wildman–Crippen MR) is 246 cm³/mol. The highest BCUT2D eigenvalue weighted by atomic mass is 15.0. The Morgan fingerprint density at radius 3 is 1.21 bits per heavy atom. The second-order valence-electron chi connectivity index (χ2n) is 15.9. The van der Waals surface area contributed by atoms with Crippen LogP contribution in [-0.4, -0.2) is 29.9 Å². The molecule has 3 aliphatic carbocycles. The van der Waals surface area contributed by atoms with Gasteiger partial charge in [-0.05, 0) is 80.9 Å². The fourth-order valence-corrected chi connectivity index (χ4v) is 9.31. The Kier molecular flexibility index (Phi) is 8.52. The Labute approximate surface area is 359 Å². The summed E-state index contributed by atoms with van der Waals surface area (Å²) in [5.74, 6) is 2.84. The summed E-state index contributed by atoms with van der Waals surface area (Å²) >= 11 is 0. The number of aromatic nitrogens is 6. The van der Waals surface area contributed by atoms with Crippen molar-refractivity contribution in [1.82, 2.24) is 29.9 Å². The van der Waals surface area contributed by atoms with Crippen LogP contribution in [-0.2, 0) is 0 Å². The SMILES string of the molecule is c1ccc(-c2nc(-c3ccncc3)cc(-c3cccc(-c4ccc5c(c4)C4c6ccccc6C5c5cc(-c6nc(-c7ccccc7)nc(-c7ccccc7)n6)ccc54)c3)n2)cc1. The maximum absolute atomic E-state index is 5.12. The van der Waals surface area contributed by atoms with Crippen molar-refractivity contribution >= 4 is 0 Å². The molecular formula is C56H36N6. The fourth-order valence-electron chi connectivity index (χ4n) is 9.31. The third-order valence-electron chi connectivity index (χ3n) is 12.2. The minimum absolute atomic E-state index is 0.0783. The molecule has 2 atom stereocenters. The third kappa shape index (κ3) is 6.20. The minimum atomic E-state index is 0.0783. The van der Waals surface area contributed by atoms with Crippen molar-refractivity contribution in [3.63, 3.8) is 0 Å². The summed E-state index contributed by atoms with van der Waals surface area (Å²) in [4.78, 5) is 29.5. The molecular weight excluding hydrogens is 757 g/mol. The lowest BCUT2D eigenvalue weighted by molar-refractivity contribution is 0.755. The Bertz CT molecular complexity index is 3180. The predicted octanol–water partition coefficient (Wildman–Crippen LogP) is 12.7. The number of rotatable bonds is 7. The molecule has 0 spiro atoms. The van der Waals surface area contributed by atoms with E-state index in [4.69, 9.17) is 24.9 Å². The molecule has 6 heteroatoms. The molecule has 3 aromatic heterocycles. The van der Waals surface area contributed by atoms with E-state index in [0.29, 0.717) is 23.3 Å². The van der Waals surface area contributed by atoms with Gasteiger partial charge in [0.2, 0.25) is 0 Å². The first-order valence-corrected chi connectivity index (χ1v) is 20.9. The van der Waals surface area contributed by atoms with Crippen molar-refractivity contribution in [2.24, 2.45) is 0 Å². The molecule has 2 unspecified atom stereocenters. The standard InChI is InChI=1S/C56H36N6/c1-4-13-36(14-5-1)53-58-49(35-27-29-57-30-28-35)34-50(59-53)41-20-12-19-39(31-41)40-23-25-45-47(32-40)51-43-21-10-11-22-44(43)52(45)48-33-42(24-26-46(48)51)56-61-54(37-15-6-2-7-16-37)60-55(62-56)38-17-8-3-9-18-38/h1-34,51-52H. The molecule has 62 heavy (non-hydrogen) atoms. The zero-order chi connectivity index (χ0) is 41.0. The van der Waals surface area contributed by atoms with Crippen molar-refractivity contribution in [2.75, 3.05) is 0 Å². The molecule has 3 heterocycles. The normalized spacial score (nSPS) is 14.5. The Balaban J connectivity index is 0.946. The van der Waals surface area contributed by atoms with Gasteiger partial charge in [-0.2, -0.15) is 0 Å². The van der Waals surface area contributed by atoms with E-state index in [0.717, 1.165) is 50.3 Å². The molecule has 2 bridgehead atoms. The summed E-state index contributed by atoms with van der Waals surface area (Å²) < 4.78 is 0. The first-order valence-electron chi connectivity index (χ1n) is 20.9. The quantitative estimate of drug-likeness (QED) is 0.160. The van der Waals surface area contributed by atoms with E-state index in [1.807, 2.05) is 66.7 Å². The molecule has 0 amide bonds. The van der Waals surface area contributed by atoms with Gasteiger partial charge >= 0.3 is 0 Å². The molecule has 6 nitrogen and oxygen atoms in total. The molecule has 0 N–H and O–H groups in total. The highest BCUT2D eigenvalue weighted by molar-refractivity contribution is 5.79. The van der Waals surface area contributed by atoms with Gasteiger partial charge < -0.3 is 0 Å². The van der Waals surface area contributed by atoms with Crippen LogP contribution < -0.4 is 0 Å². The highest BCUT2D eigenvalue weighted by Crippen LogP contribution is 2.56. The van der Waals surface area contributed by atoms with Gasteiger partial charge in [0, 0.05) is 57.6 Å². The van der Waals surface area contributed by atoms with E-state index in [9.17, 15) is 0 Å². The molecule has 0 aliphatic heterocycles. The molecule has 0 fully saturated rings.